The van der Waals surface area contributed by atoms with Crippen LogP contribution in [-0.2, 0) is 11.0 Å². The summed E-state index contributed by atoms with van der Waals surface area (Å²) in [6, 6.07) is 8.76. The maximum Gasteiger partial charge on any atom is 0.262 e. The maximum atomic E-state index is 13.5. The Morgan fingerprint density at radius 3 is 2.42 bits per heavy atom. The summed E-state index contributed by atoms with van der Waals surface area (Å²) in [6.45, 7) is 5.23. The smallest absolute Gasteiger partial charge is 0.262 e. The third kappa shape index (κ3) is 4.70. The molecule has 2 rings (SSSR count). The van der Waals surface area contributed by atoms with Crippen LogP contribution >= 0.6 is 12.2 Å². The second-order valence-electron chi connectivity index (χ2n) is 6.89. The molecule has 1 atom stereocenters. The highest BCUT2D eigenvalue weighted by Crippen LogP contribution is 2.39. The molecule has 8 heteroatoms. The molecule has 0 saturated heterocycles. The molecule has 1 unspecified atom stereocenters. The van der Waals surface area contributed by atoms with E-state index in [-0.39, 0.29) is 24.1 Å². The van der Waals surface area contributed by atoms with E-state index in [9.17, 15) is 13.0 Å². The largest absolute Gasteiger partial charge is 0.432 e. The predicted octanol–water partition coefficient (Wildman–Crippen LogP) is 3.16. The van der Waals surface area contributed by atoms with E-state index in [1.165, 1.54) is 0 Å². The van der Waals surface area contributed by atoms with Gasteiger partial charge in [0.25, 0.3) is 11.6 Å². The average molecular weight is 376 g/mol. The first-order valence-electron chi connectivity index (χ1n) is 7.64. The molecule has 0 aromatic heterocycles. The molecule has 1 saturated carbocycles. The Morgan fingerprint density at radius 1 is 1.33 bits per heavy atom. The second kappa shape index (κ2) is 7.41. The highest BCUT2D eigenvalue weighted by Gasteiger charge is 2.53. The first-order chi connectivity index (χ1) is 11.1. The van der Waals surface area contributed by atoms with Crippen molar-refractivity contribution in [1.82, 2.24) is 10.0 Å². The quantitative estimate of drug-likeness (QED) is 0.775. The number of alkyl halides is 2. The van der Waals surface area contributed by atoms with Gasteiger partial charge in [0.1, 0.15) is 5.75 Å². The molecular weight excluding hydrogens is 354 g/mol. The lowest BCUT2D eigenvalue weighted by Gasteiger charge is -2.48. The van der Waals surface area contributed by atoms with Gasteiger partial charge < -0.3 is 10.1 Å². The van der Waals surface area contributed by atoms with Crippen LogP contribution in [0.4, 0.5) is 8.78 Å². The molecule has 0 heterocycles. The molecule has 0 amide bonds. The van der Waals surface area contributed by atoms with Crippen LogP contribution in [0, 0.1) is 0 Å². The number of rotatable bonds is 5. The Hall–Kier alpha value is -1.12. The summed E-state index contributed by atoms with van der Waals surface area (Å²) in [5.41, 5.74) is -1.45. The number of halogens is 2. The molecule has 134 valence electrons. The van der Waals surface area contributed by atoms with E-state index in [0.717, 1.165) is 0 Å². The van der Waals surface area contributed by atoms with Crippen LogP contribution in [0.25, 0.3) is 0 Å². The number of ether oxygens (including phenoxy) is 1. The van der Waals surface area contributed by atoms with Crippen molar-refractivity contribution < 1.29 is 17.7 Å². The fourth-order valence-electron chi connectivity index (χ4n) is 2.36. The van der Waals surface area contributed by atoms with Crippen LogP contribution < -0.4 is 14.8 Å². The Balaban J connectivity index is 1.88. The highest BCUT2D eigenvalue weighted by atomic mass is 32.2. The van der Waals surface area contributed by atoms with Gasteiger partial charge in [0.05, 0.1) is 21.3 Å². The van der Waals surface area contributed by atoms with Crippen LogP contribution in [0.15, 0.2) is 30.3 Å². The topological polar surface area (TPSA) is 50.4 Å². The summed E-state index contributed by atoms with van der Waals surface area (Å²) in [6.07, 6.45) is -2.35. The van der Waals surface area contributed by atoms with Crippen molar-refractivity contribution in [3.05, 3.63) is 30.3 Å². The Labute approximate surface area is 148 Å². The Kier molecular flexibility index (Phi) is 5.93. The van der Waals surface area contributed by atoms with Crippen LogP contribution in [0.3, 0.4) is 0 Å². The molecule has 0 aliphatic heterocycles. The highest BCUT2D eigenvalue weighted by molar-refractivity contribution is 7.84. The molecule has 0 radical (unpaired) electrons. The molecule has 24 heavy (non-hydrogen) atoms. The Bertz CT molecular complexity index is 600. The van der Waals surface area contributed by atoms with E-state index in [1.807, 2.05) is 18.2 Å². The zero-order chi connectivity index (χ0) is 18.0. The lowest BCUT2D eigenvalue weighted by molar-refractivity contribution is -0.0174. The van der Waals surface area contributed by atoms with Crippen molar-refractivity contribution >= 4 is 28.4 Å². The van der Waals surface area contributed by atoms with Crippen molar-refractivity contribution in [3.63, 3.8) is 0 Å². The van der Waals surface area contributed by atoms with Gasteiger partial charge in [0, 0.05) is 6.04 Å². The molecule has 2 N–H and O–H groups in total. The first-order valence-corrected chi connectivity index (χ1v) is 9.19. The summed E-state index contributed by atoms with van der Waals surface area (Å²) in [5, 5.41) is 3.07. The SMILES string of the molecule is CC(C)(C)S(=O)NC1(C(F)F)CC(NC(=S)Oc2ccccc2)C1. The summed E-state index contributed by atoms with van der Waals surface area (Å²) >= 11 is 5.10. The minimum atomic E-state index is -2.61. The minimum absolute atomic E-state index is 0.130. The number of hydrogen-bond donors (Lipinski definition) is 2. The van der Waals surface area contributed by atoms with Crippen molar-refractivity contribution in [2.75, 3.05) is 0 Å². The van der Waals surface area contributed by atoms with E-state index in [4.69, 9.17) is 17.0 Å². The molecule has 1 aromatic carbocycles. The van der Waals surface area contributed by atoms with Gasteiger partial charge in [-0.15, -0.1) is 0 Å². The molecule has 0 bridgehead atoms. The second-order valence-corrected chi connectivity index (χ2v) is 9.23. The van der Waals surface area contributed by atoms with Gasteiger partial charge in [0.15, 0.2) is 0 Å². The monoisotopic (exact) mass is 376 g/mol. The summed E-state index contributed by atoms with van der Waals surface area (Å²) in [5.74, 6) is 0.585. The van der Waals surface area contributed by atoms with Crippen molar-refractivity contribution in [1.29, 1.82) is 0 Å². The summed E-state index contributed by atoms with van der Waals surface area (Å²) < 4.78 is 46.5. The predicted molar refractivity (Wildman–Crippen MR) is 95.6 cm³/mol. The van der Waals surface area contributed by atoms with E-state index >= 15 is 0 Å². The van der Waals surface area contributed by atoms with Crippen LogP contribution in [0.5, 0.6) is 5.75 Å². The first kappa shape index (κ1) is 19.2. The van der Waals surface area contributed by atoms with Crippen molar-refractivity contribution in [2.45, 2.75) is 56.4 Å². The van der Waals surface area contributed by atoms with Gasteiger partial charge in [-0.25, -0.2) is 17.7 Å². The third-order valence-corrected chi connectivity index (χ3v) is 5.67. The number of hydrogen-bond acceptors (Lipinski definition) is 3. The molecular formula is C16H22F2N2O2S2. The third-order valence-electron chi connectivity index (χ3n) is 3.77. The fourth-order valence-corrected chi connectivity index (χ4v) is 3.55. The zero-order valence-corrected chi connectivity index (χ0v) is 15.5. The van der Waals surface area contributed by atoms with Gasteiger partial charge in [-0.2, -0.15) is 0 Å². The fraction of sp³-hybridized carbons (Fsp3) is 0.562. The van der Waals surface area contributed by atoms with Crippen LogP contribution in [-0.4, -0.2) is 32.1 Å². The van der Waals surface area contributed by atoms with E-state index in [2.05, 4.69) is 10.0 Å². The minimum Gasteiger partial charge on any atom is -0.432 e. The van der Waals surface area contributed by atoms with Crippen molar-refractivity contribution in [3.8, 4) is 5.75 Å². The van der Waals surface area contributed by atoms with E-state index in [1.54, 1.807) is 32.9 Å². The number of benzene rings is 1. The van der Waals surface area contributed by atoms with E-state index in [0.29, 0.717) is 5.75 Å². The Morgan fingerprint density at radius 2 is 1.92 bits per heavy atom. The van der Waals surface area contributed by atoms with Gasteiger partial charge >= 0.3 is 0 Å². The van der Waals surface area contributed by atoms with Gasteiger partial charge in [-0.1, -0.05) is 18.2 Å². The standard InChI is InChI=1S/C16H22F2N2O2S2/c1-15(2,3)24(21)20-16(13(17)18)9-11(10-16)19-14(23)22-12-7-5-4-6-8-12/h4-8,11,13,20H,9-10H2,1-3H3,(H,19,23). The average Bonchev–Trinajstić information content (AvgIpc) is 2.44. The zero-order valence-electron chi connectivity index (χ0n) is 13.8. The van der Waals surface area contributed by atoms with Crippen LogP contribution in [0.1, 0.15) is 33.6 Å². The van der Waals surface area contributed by atoms with Crippen LogP contribution in [0.2, 0.25) is 0 Å². The molecule has 4 nitrogen and oxygen atoms in total. The lowest BCUT2D eigenvalue weighted by atomic mass is 9.73. The number of thiocarbonyl (C=S) groups is 1. The van der Waals surface area contributed by atoms with Crippen molar-refractivity contribution in [2.24, 2.45) is 0 Å². The summed E-state index contributed by atoms with van der Waals surface area (Å²) in [7, 11) is -1.56. The molecule has 1 aliphatic rings. The number of para-hydroxylation sites is 1. The summed E-state index contributed by atoms with van der Waals surface area (Å²) in [4.78, 5) is 0. The van der Waals surface area contributed by atoms with Gasteiger partial charge in [-0.05, 0) is 58.0 Å². The van der Waals surface area contributed by atoms with E-state index < -0.39 is 27.7 Å². The molecule has 1 aromatic rings. The maximum absolute atomic E-state index is 13.5. The lowest BCUT2D eigenvalue weighted by Crippen LogP contribution is -2.67. The normalized spacial score (nSPS) is 25.0. The van der Waals surface area contributed by atoms with Gasteiger partial charge in [-0.3, -0.25) is 0 Å². The van der Waals surface area contributed by atoms with Gasteiger partial charge in [0.2, 0.25) is 0 Å². The number of nitrogens with one attached hydrogen (secondary N) is 2. The molecule has 0 spiro atoms. The molecule has 1 aliphatic carbocycles. The molecule has 1 fully saturated rings.